The lowest BCUT2D eigenvalue weighted by atomic mass is 10.1. The maximum Gasteiger partial charge on any atom is 0.270 e. The summed E-state index contributed by atoms with van der Waals surface area (Å²) in [6, 6.07) is 10.8. The molecule has 1 saturated heterocycles. The highest BCUT2D eigenvalue weighted by Crippen LogP contribution is 2.08. The van der Waals surface area contributed by atoms with Crippen molar-refractivity contribution in [2.24, 2.45) is 0 Å². The van der Waals surface area contributed by atoms with Crippen LogP contribution < -0.4 is 10.6 Å². The first-order valence-electron chi connectivity index (χ1n) is 9.00. The van der Waals surface area contributed by atoms with Crippen LogP contribution in [0, 0.1) is 0 Å². The molecule has 2 heterocycles. The molecule has 0 atom stereocenters. The zero-order valence-electron chi connectivity index (χ0n) is 15.4. The number of amides is 2. The highest BCUT2D eigenvalue weighted by Gasteiger charge is 2.12. The van der Waals surface area contributed by atoms with Crippen LogP contribution in [0.1, 0.15) is 32.0 Å². The molecule has 1 aromatic heterocycles. The summed E-state index contributed by atoms with van der Waals surface area (Å²) in [7, 11) is 1.59. The van der Waals surface area contributed by atoms with Crippen LogP contribution in [0.2, 0.25) is 0 Å². The molecule has 1 fully saturated rings. The fourth-order valence-corrected chi connectivity index (χ4v) is 2.91. The van der Waals surface area contributed by atoms with Crippen LogP contribution >= 0.6 is 0 Å². The lowest BCUT2D eigenvalue weighted by Gasteiger charge is -2.26. The van der Waals surface area contributed by atoms with E-state index >= 15 is 0 Å². The van der Waals surface area contributed by atoms with Gasteiger partial charge in [0.25, 0.3) is 11.8 Å². The molecule has 0 spiro atoms. The summed E-state index contributed by atoms with van der Waals surface area (Å²) in [6.45, 7) is 4.49. The van der Waals surface area contributed by atoms with Crippen LogP contribution in [0.15, 0.2) is 42.6 Å². The summed E-state index contributed by atoms with van der Waals surface area (Å²) in [5, 5.41) is 5.43. The van der Waals surface area contributed by atoms with Gasteiger partial charge in [-0.3, -0.25) is 19.5 Å². The van der Waals surface area contributed by atoms with E-state index in [9.17, 15) is 9.59 Å². The first-order chi connectivity index (χ1) is 13.2. The standard InChI is InChI=1S/C20H24N4O3/c1-21-19(25)17-4-2-3-15(11-17)12-23-20(26)18-6-5-16(13-22-18)14-24-7-9-27-10-8-24/h2-6,11,13H,7-10,12,14H2,1H3,(H,21,25)(H,23,26). The fourth-order valence-electron chi connectivity index (χ4n) is 2.91. The number of pyridine rings is 1. The van der Waals surface area contributed by atoms with Gasteiger partial charge in [-0.15, -0.1) is 0 Å². The molecule has 1 aliphatic heterocycles. The van der Waals surface area contributed by atoms with Gasteiger partial charge in [-0.25, -0.2) is 0 Å². The Balaban J connectivity index is 1.54. The number of hydrogen-bond donors (Lipinski definition) is 2. The molecule has 2 amide bonds. The van der Waals surface area contributed by atoms with E-state index in [0.717, 1.165) is 44.0 Å². The van der Waals surface area contributed by atoms with Crippen molar-refractivity contribution in [1.82, 2.24) is 20.5 Å². The summed E-state index contributed by atoms with van der Waals surface area (Å²) in [4.78, 5) is 30.6. The van der Waals surface area contributed by atoms with Gasteiger partial charge in [0, 0.05) is 45.0 Å². The molecule has 0 unspecified atom stereocenters. The Morgan fingerprint density at radius 3 is 2.63 bits per heavy atom. The Morgan fingerprint density at radius 2 is 1.93 bits per heavy atom. The zero-order chi connectivity index (χ0) is 19.1. The van der Waals surface area contributed by atoms with E-state index < -0.39 is 0 Å². The van der Waals surface area contributed by atoms with Gasteiger partial charge in [-0.2, -0.15) is 0 Å². The molecule has 0 bridgehead atoms. The van der Waals surface area contributed by atoms with Crippen molar-refractivity contribution in [3.05, 3.63) is 65.0 Å². The second-order valence-corrected chi connectivity index (χ2v) is 6.40. The van der Waals surface area contributed by atoms with Gasteiger partial charge in [0.05, 0.1) is 13.2 Å². The number of ether oxygens (including phenoxy) is 1. The summed E-state index contributed by atoms with van der Waals surface area (Å²) in [5.41, 5.74) is 2.87. The number of carbonyl (C=O) groups excluding carboxylic acids is 2. The number of hydrogen-bond acceptors (Lipinski definition) is 5. The average Bonchev–Trinajstić information content (AvgIpc) is 2.73. The van der Waals surface area contributed by atoms with Gasteiger partial charge >= 0.3 is 0 Å². The predicted molar refractivity (Wildman–Crippen MR) is 101 cm³/mol. The van der Waals surface area contributed by atoms with Gasteiger partial charge < -0.3 is 15.4 Å². The molecule has 3 rings (SSSR count). The third-order valence-corrected chi connectivity index (χ3v) is 4.44. The van der Waals surface area contributed by atoms with Gasteiger partial charge in [0.1, 0.15) is 5.69 Å². The van der Waals surface area contributed by atoms with E-state index in [4.69, 9.17) is 4.74 Å². The second-order valence-electron chi connectivity index (χ2n) is 6.40. The highest BCUT2D eigenvalue weighted by molar-refractivity contribution is 5.94. The number of aromatic nitrogens is 1. The minimum absolute atomic E-state index is 0.152. The smallest absolute Gasteiger partial charge is 0.270 e. The highest BCUT2D eigenvalue weighted by atomic mass is 16.5. The zero-order valence-corrected chi connectivity index (χ0v) is 15.4. The molecule has 1 aliphatic rings. The topological polar surface area (TPSA) is 83.6 Å². The number of morpholine rings is 1. The molecule has 7 nitrogen and oxygen atoms in total. The molecular formula is C20H24N4O3. The Bertz CT molecular complexity index is 786. The monoisotopic (exact) mass is 368 g/mol. The van der Waals surface area contributed by atoms with Crippen molar-refractivity contribution in [3.63, 3.8) is 0 Å². The Morgan fingerprint density at radius 1 is 1.11 bits per heavy atom. The van der Waals surface area contributed by atoms with Crippen molar-refractivity contribution in [1.29, 1.82) is 0 Å². The third kappa shape index (κ3) is 5.35. The van der Waals surface area contributed by atoms with Gasteiger partial charge in [-0.1, -0.05) is 18.2 Å². The van der Waals surface area contributed by atoms with Crippen LogP contribution in [0.4, 0.5) is 0 Å². The van der Waals surface area contributed by atoms with Crippen LogP contribution in [0.25, 0.3) is 0 Å². The van der Waals surface area contributed by atoms with Gasteiger partial charge in [-0.05, 0) is 29.3 Å². The molecule has 2 N–H and O–H groups in total. The van der Waals surface area contributed by atoms with Crippen molar-refractivity contribution in [2.75, 3.05) is 33.4 Å². The summed E-state index contributed by atoms with van der Waals surface area (Å²) in [6.07, 6.45) is 1.75. The maximum atomic E-state index is 12.3. The first kappa shape index (κ1) is 19.0. The fraction of sp³-hybridized carbons (Fsp3) is 0.350. The quantitative estimate of drug-likeness (QED) is 0.801. The number of nitrogens with one attached hydrogen (secondary N) is 2. The number of nitrogens with zero attached hydrogens (tertiary/aromatic N) is 2. The second kappa shape index (κ2) is 9.25. The summed E-state index contributed by atoms with van der Waals surface area (Å²) in [5.74, 6) is -0.390. The molecule has 142 valence electrons. The Kier molecular flexibility index (Phi) is 6.51. The molecule has 0 saturated carbocycles. The number of benzene rings is 1. The van der Waals surface area contributed by atoms with E-state index in [0.29, 0.717) is 17.8 Å². The summed E-state index contributed by atoms with van der Waals surface area (Å²) >= 11 is 0. The SMILES string of the molecule is CNC(=O)c1cccc(CNC(=O)c2ccc(CN3CCOCC3)cn2)c1. The predicted octanol–water partition coefficient (Wildman–Crippen LogP) is 1.20. The van der Waals surface area contributed by atoms with E-state index in [-0.39, 0.29) is 11.8 Å². The number of carbonyl (C=O) groups is 2. The molecule has 7 heteroatoms. The Hall–Kier alpha value is -2.77. The van der Waals surface area contributed by atoms with Crippen molar-refractivity contribution in [3.8, 4) is 0 Å². The van der Waals surface area contributed by atoms with Gasteiger partial charge in [0.2, 0.25) is 0 Å². The van der Waals surface area contributed by atoms with Crippen LogP contribution in [-0.4, -0.2) is 55.0 Å². The molecule has 0 aliphatic carbocycles. The lowest BCUT2D eigenvalue weighted by molar-refractivity contribution is 0.0341. The van der Waals surface area contributed by atoms with Crippen molar-refractivity contribution < 1.29 is 14.3 Å². The molecular weight excluding hydrogens is 344 g/mol. The minimum atomic E-state index is -0.238. The largest absolute Gasteiger partial charge is 0.379 e. The normalized spacial score (nSPS) is 14.6. The molecule has 2 aromatic rings. The van der Waals surface area contributed by atoms with Crippen molar-refractivity contribution >= 4 is 11.8 Å². The minimum Gasteiger partial charge on any atom is -0.379 e. The Labute approximate surface area is 158 Å². The van der Waals surface area contributed by atoms with Crippen molar-refractivity contribution in [2.45, 2.75) is 13.1 Å². The maximum absolute atomic E-state index is 12.3. The van der Waals surface area contributed by atoms with E-state index in [1.165, 1.54) is 0 Å². The summed E-state index contributed by atoms with van der Waals surface area (Å²) < 4.78 is 5.35. The van der Waals surface area contributed by atoms with E-state index in [2.05, 4.69) is 20.5 Å². The van der Waals surface area contributed by atoms with Crippen LogP contribution in [0.3, 0.4) is 0 Å². The average molecular weight is 368 g/mol. The number of rotatable bonds is 6. The molecule has 0 radical (unpaired) electrons. The van der Waals surface area contributed by atoms with Crippen LogP contribution in [0.5, 0.6) is 0 Å². The van der Waals surface area contributed by atoms with Crippen LogP contribution in [-0.2, 0) is 17.8 Å². The first-order valence-corrected chi connectivity index (χ1v) is 9.00. The lowest BCUT2D eigenvalue weighted by Crippen LogP contribution is -2.35. The molecule has 1 aromatic carbocycles. The third-order valence-electron chi connectivity index (χ3n) is 4.44. The molecule has 27 heavy (non-hydrogen) atoms. The van der Waals surface area contributed by atoms with E-state index in [1.54, 1.807) is 37.5 Å². The van der Waals surface area contributed by atoms with Gasteiger partial charge in [0.15, 0.2) is 0 Å². The van der Waals surface area contributed by atoms with E-state index in [1.807, 2.05) is 12.1 Å².